The number of aliphatic hydroxyl groups is 1. The Bertz CT molecular complexity index is 623. The number of piperidine rings is 1. The van der Waals surface area contributed by atoms with E-state index in [1.807, 2.05) is 5.06 Å². The van der Waals surface area contributed by atoms with Crippen molar-refractivity contribution >= 4 is 5.57 Å². The Hall–Kier alpha value is -1.40. The zero-order valence-corrected chi connectivity index (χ0v) is 14.4. The lowest BCUT2D eigenvalue weighted by atomic mass is 9.85. The quantitative estimate of drug-likeness (QED) is 0.878. The van der Waals surface area contributed by atoms with Gasteiger partial charge in [0.25, 0.3) is 0 Å². The fourth-order valence-corrected chi connectivity index (χ4v) is 4.17. The molecule has 1 aromatic rings. The Balaban J connectivity index is 2.02. The van der Waals surface area contributed by atoms with E-state index >= 15 is 0 Å². The molecule has 2 heterocycles. The molecule has 0 aliphatic carbocycles. The predicted octanol–water partition coefficient (Wildman–Crippen LogP) is 2.98. The Morgan fingerprint density at radius 2 is 1.65 bits per heavy atom. The first kappa shape index (κ1) is 16.5. The third-order valence-electron chi connectivity index (χ3n) is 5.32. The van der Waals surface area contributed by atoms with Gasteiger partial charge in [-0.1, -0.05) is 17.7 Å². The SMILES string of the molecule is CON1CCC2(CC1)C(O)=C(c1c(C)cc(C)cc1C)CN2O. The van der Waals surface area contributed by atoms with Crippen LogP contribution in [0.5, 0.6) is 0 Å². The van der Waals surface area contributed by atoms with Crippen molar-refractivity contribution in [3.8, 4) is 0 Å². The molecule has 3 rings (SSSR count). The molecule has 5 nitrogen and oxygen atoms in total. The summed E-state index contributed by atoms with van der Waals surface area (Å²) >= 11 is 0. The molecule has 2 aliphatic rings. The van der Waals surface area contributed by atoms with Crippen molar-refractivity contribution in [3.63, 3.8) is 0 Å². The van der Waals surface area contributed by atoms with Crippen LogP contribution in [0.1, 0.15) is 35.1 Å². The smallest absolute Gasteiger partial charge is 0.120 e. The molecule has 0 aromatic heterocycles. The summed E-state index contributed by atoms with van der Waals surface area (Å²) in [6.07, 6.45) is 1.30. The van der Waals surface area contributed by atoms with Crippen LogP contribution in [0.2, 0.25) is 0 Å². The molecule has 0 saturated carbocycles. The lowest BCUT2D eigenvalue weighted by molar-refractivity contribution is -0.205. The summed E-state index contributed by atoms with van der Waals surface area (Å²) in [6, 6.07) is 4.26. The molecule has 1 spiro atoms. The fraction of sp³-hybridized carbons (Fsp3) is 0.556. The van der Waals surface area contributed by atoms with Crippen LogP contribution in [-0.2, 0) is 4.84 Å². The number of rotatable bonds is 2. The van der Waals surface area contributed by atoms with Gasteiger partial charge < -0.3 is 15.2 Å². The van der Waals surface area contributed by atoms with E-state index in [0.29, 0.717) is 38.2 Å². The molecule has 126 valence electrons. The van der Waals surface area contributed by atoms with E-state index in [4.69, 9.17) is 4.84 Å². The van der Waals surface area contributed by atoms with Gasteiger partial charge in [-0.25, -0.2) is 0 Å². The van der Waals surface area contributed by atoms with E-state index in [2.05, 4.69) is 32.9 Å². The molecule has 1 saturated heterocycles. The van der Waals surface area contributed by atoms with Crippen molar-refractivity contribution in [2.45, 2.75) is 39.2 Å². The summed E-state index contributed by atoms with van der Waals surface area (Å²) in [5, 5.41) is 24.7. The van der Waals surface area contributed by atoms with Gasteiger partial charge in [-0.2, -0.15) is 10.1 Å². The summed E-state index contributed by atoms with van der Waals surface area (Å²) in [5.74, 6) is 0.325. The maximum Gasteiger partial charge on any atom is 0.120 e. The first-order valence-corrected chi connectivity index (χ1v) is 8.15. The zero-order valence-electron chi connectivity index (χ0n) is 14.4. The molecule has 0 unspecified atom stereocenters. The van der Waals surface area contributed by atoms with Gasteiger partial charge in [-0.05, 0) is 50.3 Å². The number of benzene rings is 1. The van der Waals surface area contributed by atoms with Gasteiger partial charge in [-0.15, -0.1) is 0 Å². The highest BCUT2D eigenvalue weighted by atomic mass is 16.7. The van der Waals surface area contributed by atoms with Gasteiger partial charge in [0.1, 0.15) is 11.3 Å². The lowest BCUT2D eigenvalue weighted by Gasteiger charge is -2.41. The highest BCUT2D eigenvalue weighted by Crippen LogP contribution is 2.44. The van der Waals surface area contributed by atoms with Gasteiger partial charge >= 0.3 is 0 Å². The van der Waals surface area contributed by atoms with E-state index < -0.39 is 5.54 Å². The summed E-state index contributed by atoms with van der Waals surface area (Å²) < 4.78 is 0. The second-order valence-corrected chi connectivity index (χ2v) is 6.80. The summed E-state index contributed by atoms with van der Waals surface area (Å²) in [5.41, 5.74) is 4.75. The molecular weight excluding hydrogens is 292 g/mol. The second kappa shape index (κ2) is 5.91. The van der Waals surface area contributed by atoms with Crippen molar-refractivity contribution in [3.05, 3.63) is 40.1 Å². The van der Waals surface area contributed by atoms with E-state index in [0.717, 1.165) is 22.3 Å². The summed E-state index contributed by atoms with van der Waals surface area (Å²) in [4.78, 5) is 5.26. The minimum absolute atomic E-state index is 0.325. The Morgan fingerprint density at radius 1 is 1.09 bits per heavy atom. The number of hydroxylamine groups is 4. The lowest BCUT2D eigenvalue weighted by Crippen LogP contribution is -2.52. The molecule has 23 heavy (non-hydrogen) atoms. The minimum Gasteiger partial charge on any atom is -0.510 e. The average Bonchev–Trinajstić information content (AvgIpc) is 2.73. The van der Waals surface area contributed by atoms with Crippen molar-refractivity contribution in [2.75, 3.05) is 26.7 Å². The Morgan fingerprint density at radius 3 is 2.17 bits per heavy atom. The fourth-order valence-electron chi connectivity index (χ4n) is 4.17. The summed E-state index contributed by atoms with van der Waals surface area (Å²) in [7, 11) is 1.66. The van der Waals surface area contributed by atoms with Crippen LogP contribution >= 0.6 is 0 Å². The highest BCUT2D eigenvalue weighted by molar-refractivity contribution is 5.77. The molecule has 5 heteroatoms. The summed E-state index contributed by atoms with van der Waals surface area (Å²) in [6.45, 7) is 7.95. The van der Waals surface area contributed by atoms with E-state index in [1.54, 1.807) is 7.11 Å². The van der Waals surface area contributed by atoms with E-state index in [9.17, 15) is 10.3 Å². The number of aliphatic hydroxyl groups excluding tert-OH is 1. The number of hydrogen-bond acceptors (Lipinski definition) is 5. The third-order valence-corrected chi connectivity index (χ3v) is 5.32. The maximum atomic E-state index is 11.0. The molecular formula is C18H26N2O3. The maximum absolute atomic E-state index is 11.0. The second-order valence-electron chi connectivity index (χ2n) is 6.80. The third kappa shape index (κ3) is 2.58. The minimum atomic E-state index is -0.672. The highest BCUT2D eigenvalue weighted by Gasteiger charge is 2.49. The first-order chi connectivity index (χ1) is 10.9. The van der Waals surface area contributed by atoms with Gasteiger partial charge in [0.2, 0.25) is 0 Å². The normalized spacial score (nSPS) is 22.3. The van der Waals surface area contributed by atoms with Gasteiger partial charge in [-0.3, -0.25) is 0 Å². The van der Waals surface area contributed by atoms with Crippen LogP contribution in [0.3, 0.4) is 0 Å². The van der Waals surface area contributed by atoms with Crippen LogP contribution in [0.25, 0.3) is 5.57 Å². The molecule has 0 radical (unpaired) electrons. The molecule has 2 N–H and O–H groups in total. The van der Waals surface area contributed by atoms with Crippen LogP contribution in [0.4, 0.5) is 0 Å². The van der Waals surface area contributed by atoms with Crippen LogP contribution in [0, 0.1) is 20.8 Å². The molecule has 0 atom stereocenters. The Kier molecular flexibility index (Phi) is 4.23. The van der Waals surface area contributed by atoms with Gasteiger partial charge in [0, 0.05) is 18.7 Å². The van der Waals surface area contributed by atoms with Crippen LogP contribution in [-0.4, -0.2) is 52.7 Å². The monoisotopic (exact) mass is 318 g/mol. The average molecular weight is 318 g/mol. The van der Waals surface area contributed by atoms with Gasteiger partial charge in [0.15, 0.2) is 0 Å². The molecule has 1 fully saturated rings. The zero-order chi connectivity index (χ0) is 16.8. The van der Waals surface area contributed by atoms with Crippen molar-refractivity contribution in [1.82, 2.24) is 10.1 Å². The molecule has 0 bridgehead atoms. The van der Waals surface area contributed by atoms with E-state index in [1.165, 1.54) is 10.6 Å². The number of nitrogens with zero attached hydrogens (tertiary/aromatic N) is 2. The van der Waals surface area contributed by atoms with Crippen LogP contribution < -0.4 is 0 Å². The molecule has 0 amide bonds. The number of aryl methyl sites for hydroxylation is 3. The molecule has 2 aliphatic heterocycles. The molecule has 1 aromatic carbocycles. The predicted molar refractivity (Wildman–Crippen MR) is 89.2 cm³/mol. The largest absolute Gasteiger partial charge is 0.510 e. The number of hydrogen-bond donors (Lipinski definition) is 2. The standard InChI is InChI=1S/C18H26N2O3/c1-12-9-13(2)16(14(3)10-12)15-11-20(22)18(17(15)21)5-7-19(23-4)8-6-18/h9-10,21-22H,5-8,11H2,1-4H3. The van der Waals surface area contributed by atoms with Crippen molar-refractivity contribution < 1.29 is 15.2 Å². The topological polar surface area (TPSA) is 56.2 Å². The van der Waals surface area contributed by atoms with Crippen molar-refractivity contribution in [1.29, 1.82) is 0 Å². The first-order valence-electron chi connectivity index (χ1n) is 8.15. The van der Waals surface area contributed by atoms with Crippen molar-refractivity contribution in [2.24, 2.45) is 0 Å². The Labute approximate surface area is 137 Å². The van der Waals surface area contributed by atoms with Gasteiger partial charge in [0.05, 0.1) is 13.7 Å². The van der Waals surface area contributed by atoms with Crippen LogP contribution in [0.15, 0.2) is 17.9 Å². The van der Waals surface area contributed by atoms with E-state index in [-0.39, 0.29) is 0 Å².